The van der Waals surface area contributed by atoms with Gasteiger partial charge in [-0.2, -0.15) is 0 Å². The third-order valence-corrected chi connectivity index (χ3v) is 4.27. The van der Waals surface area contributed by atoms with Gasteiger partial charge in [-0.25, -0.2) is 0 Å². The van der Waals surface area contributed by atoms with Crippen LogP contribution < -0.4 is 16.8 Å². The molecule has 0 amide bonds. The smallest absolute Gasteiger partial charge is 0.0343 e. The summed E-state index contributed by atoms with van der Waals surface area (Å²) < 4.78 is 0. The van der Waals surface area contributed by atoms with Crippen molar-refractivity contribution in [3.63, 3.8) is 0 Å². The van der Waals surface area contributed by atoms with E-state index in [2.05, 4.69) is 38.2 Å². The predicted molar refractivity (Wildman–Crippen MR) is 116 cm³/mol. The predicted octanol–water partition coefficient (Wildman–Crippen LogP) is 5.93. The molecule has 0 saturated heterocycles. The van der Waals surface area contributed by atoms with Crippen LogP contribution in [0.25, 0.3) is 10.8 Å². The lowest BCUT2D eigenvalue weighted by molar-refractivity contribution is 0.528. The topological polar surface area (TPSA) is 64.1 Å². The van der Waals surface area contributed by atoms with Crippen molar-refractivity contribution in [3.05, 3.63) is 66.7 Å². The average Bonchev–Trinajstić information content (AvgIpc) is 2.62. The van der Waals surface area contributed by atoms with Crippen LogP contribution in [0.3, 0.4) is 0 Å². The molecule has 0 radical (unpaired) electrons. The van der Waals surface area contributed by atoms with Gasteiger partial charge in [0.1, 0.15) is 0 Å². The minimum Gasteiger partial charge on any atom is -0.399 e. The van der Waals surface area contributed by atoms with Gasteiger partial charge in [0.2, 0.25) is 0 Å². The number of rotatable bonds is 5. The van der Waals surface area contributed by atoms with E-state index in [9.17, 15) is 0 Å². The Morgan fingerprint density at radius 2 is 1.35 bits per heavy atom. The van der Waals surface area contributed by atoms with Gasteiger partial charge in [-0.15, -0.1) is 0 Å². The van der Waals surface area contributed by atoms with Crippen molar-refractivity contribution in [1.29, 1.82) is 0 Å². The summed E-state index contributed by atoms with van der Waals surface area (Å²) >= 11 is 0. The number of anilines is 3. The highest BCUT2D eigenvalue weighted by atomic mass is 14.9. The van der Waals surface area contributed by atoms with Crippen LogP contribution in [0.15, 0.2) is 66.7 Å². The number of nitrogens with two attached hydrogens (primary N) is 2. The van der Waals surface area contributed by atoms with Crippen LogP contribution in [0.5, 0.6) is 0 Å². The molecule has 0 saturated carbocycles. The zero-order chi connectivity index (χ0) is 18.9. The van der Waals surface area contributed by atoms with Crippen LogP contribution in [-0.4, -0.2) is 6.04 Å². The fourth-order valence-corrected chi connectivity index (χ4v) is 2.73. The van der Waals surface area contributed by atoms with Crippen LogP contribution in [0.2, 0.25) is 0 Å². The second-order valence-corrected chi connectivity index (χ2v) is 7.25. The summed E-state index contributed by atoms with van der Waals surface area (Å²) in [5.74, 6) is 0.778. The number of benzene rings is 3. The number of nitrogen functional groups attached to an aromatic ring is 2. The van der Waals surface area contributed by atoms with Crippen molar-refractivity contribution in [2.24, 2.45) is 5.92 Å². The van der Waals surface area contributed by atoms with E-state index in [1.807, 2.05) is 54.6 Å². The largest absolute Gasteiger partial charge is 0.399 e. The number of nitrogens with one attached hydrogen (secondary N) is 1. The van der Waals surface area contributed by atoms with E-state index in [1.54, 1.807) is 0 Å². The lowest BCUT2D eigenvalue weighted by Gasteiger charge is -2.16. The van der Waals surface area contributed by atoms with Gasteiger partial charge in [0, 0.05) is 23.1 Å². The summed E-state index contributed by atoms with van der Waals surface area (Å²) in [5.41, 5.74) is 14.0. The van der Waals surface area contributed by atoms with Crippen LogP contribution in [0.1, 0.15) is 33.6 Å². The SMILES string of the molecule is CC(C)CCC(C)Nc1ccc(N)cc1.Nc1ccc2ccccc2c1. The van der Waals surface area contributed by atoms with Crippen LogP contribution in [-0.2, 0) is 0 Å². The maximum Gasteiger partial charge on any atom is 0.0343 e. The first kappa shape index (κ1) is 19.6. The highest BCUT2D eigenvalue weighted by Crippen LogP contribution is 2.16. The van der Waals surface area contributed by atoms with Crippen molar-refractivity contribution in [2.75, 3.05) is 16.8 Å². The third-order valence-electron chi connectivity index (χ3n) is 4.27. The molecule has 0 spiro atoms. The zero-order valence-electron chi connectivity index (χ0n) is 16.1. The standard InChI is InChI=1S/C13H22N2.C10H9N/c1-10(2)4-5-11(3)15-13-8-6-12(14)7-9-13;11-10-6-5-8-3-1-2-4-9(8)7-10/h6-11,15H,4-5,14H2,1-3H3;1-7H,11H2. The molecule has 0 heterocycles. The van der Waals surface area contributed by atoms with Crippen molar-refractivity contribution < 1.29 is 0 Å². The van der Waals surface area contributed by atoms with E-state index in [4.69, 9.17) is 11.5 Å². The molecule has 0 aromatic heterocycles. The molecule has 3 nitrogen and oxygen atoms in total. The lowest BCUT2D eigenvalue weighted by Crippen LogP contribution is -2.15. The third kappa shape index (κ3) is 6.67. The van der Waals surface area contributed by atoms with E-state index in [0.717, 1.165) is 23.0 Å². The first-order valence-electron chi connectivity index (χ1n) is 9.30. The summed E-state index contributed by atoms with van der Waals surface area (Å²) in [6.45, 7) is 6.74. The quantitative estimate of drug-likeness (QED) is 0.500. The average molecular weight is 350 g/mol. The highest BCUT2D eigenvalue weighted by Gasteiger charge is 2.03. The molecule has 0 aliphatic rings. The molecule has 0 fully saturated rings. The molecular weight excluding hydrogens is 318 g/mol. The summed E-state index contributed by atoms with van der Waals surface area (Å²) in [6, 6.07) is 22.6. The van der Waals surface area contributed by atoms with Gasteiger partial charge in [0.25, 0.3) is 0 Å². The Morgan fingerprint density at radius 1 is 0.731 bits per heavy atom. The first-order chi connectivity index (χ1) is 12.4. The molecule has 3 aromatic carbocycles. The number of hydrogen-bond donors (Lipinski definition) is 3. The van der Waals surface area contributed by atoms with Crippen molar-refractivity contribution >= 4 is 27.8 Å². The second kappa shape index (κ2) is 9.71. The van der Waals surface area contributed by atoms with Crippen molar-refractivity contribution in [3.8, 4) is 0 Å². The van der Waals surface area contributed by atoms with Crippen molar-refractivity contribution in [2.45, 2.75) is 39.7 Å². The van der Waals surface area contributed by atoms with E-state index in [-0.39, 0.29) is 0 Å². The summed E-state index contributed by atoms with van der Waals surface area (Å²) in [7, 11) is 0. The molecule has 0 bridgehead atoms. The van der Waals surface area contributed by atoms with Gasteiger partial charge in [-0.3, -0.25) is 0 Å². The Labute approximate surface area is 157 Å². The van der Waals surface area contributed by atoms with E-state index in [1.165, 1.54) is 23.6 Å². The fraction of sp³-hybridized carbons (Fsp3) is 0.304. The molecule has 138 valence electrons. The zero-order valence-corrected chi connectivity index (χ0v) is 16.1. The van der Waals surface area contributed by atoms with Crippen LogP contribution >= 0.6 is 0 Å². The molecule has 3 aromatic rings. The van der Waals surface area contributed by atoms with Gasteiger partial charge in [-0.1, -0.05) is 44.2 Å². The van der Waals surface area contributed by atoms with Gasteiger partial charge < -0.3 is 16.8 Å². The number of hydrogen-bond acceptors (Lipinski definition) is 3. The molecule has 0 aliphatic carbocycles. The van der Waals surface area contributed by atoms with Crippen molar-refractivity contribution in [1.82, 2.24) is 0 Å². The summed E-state index contributed by atoms with van der Waals surface area (Å²) in [4.78, 5) is 0. The molecule has 26 heavy (non-hydrogen) atoms. The van der Waals surface area contributed by atoms with Crippen LogP contribution in [0.4, 0.5) is 17.1 Å². The Balaban J connectivity index is 0.000000195. The molecule has 1 atom stereocenters. The lowest BCUT2D eigenvalue weighted by atomic mass is 10.0. The minimum absolute atomic E-state index is 0.524. The fourth-order valence-electron chi connectivity index (χ4n) is 2.73. The molecule has 5 N–H and O–H groups in total. The molecule has 1 unspecified atom stereocenters. The van der Waals surface area contributed by atoms with E-state index >= 15 is 0 Å². The Kier molecular flexibility index (Phi) is 7.34. The Hall–Kier alpha value is -2.68. The Morgan fingerprint density at radius 3 is 2.00 bits per heavy atom. The molecule has 3 rings (SSSR count). The van der Waals surface area contributed by atoms with Gasteiger partial charge in [-0.05, 0) is 72.9 Å². The van der Waals surface area contributed by atoms with E-state index in [0.29, 0.717) is 6.04 Å². The normalized spacial score (nSPS) is 11.7. The number of fused-ring (bicyclic) bond motifs is 1. The van der Waals surface area contributed by atoms with Gasteiger partial charge in [0.05, 0.1) is 0 Å². The van der Waals surface area contributed by atoms with Gasteiger partial charge >= 0.3 is 0 Å². The summed E-state index contributed by atoms with van der Waals surface area (Å²) in [5, 5.41) is 5.91. The monoisotopic (exact) mass is 349 g/mol. The Bertz CT molecular complexity index is 794. The second-order valence-electron chi connectivity index (χ2n) is 7.25. The molecule has 3 heteroatoms. The molecule has 0 aliphatic heterocycles. The molecular formula is C23H31N3. The van der Waals surface area contributed by atoms with Crippen LogP contribution in [0, 0.1) is 5.92 Å². The summed E-state index contributed by atoms with van der Waals surface area (Å²) in [6.07, 6.45) is 2.48. The minimum atomic E-state index is 0.524. The van der Waals surface area contributed by atoms with Gasteiger partial charge in [0.15, 0.2) is 0 Å². The maximum atomic E-state index is 5.63. The highest BCUT2D eigenvalue weighted by molar-refractivity contribution is 5.85. The maximum absolute atomic E-state index is 5.63. The first-order valence-corrected chi connectivity index (χ1v) is 9.30. The van der Waals surface area contributed by atoms with E-state index < -0.39 is 0 Å².